The lowest BCUT2D eigenvalue weighted by Crippen LogP contribution is -2.23. The van der Waals surface area contributed by atoms with Crippen molar-refractivity contribution in [3.8, 4) is 11.3 Å². The van der Waals surface area contributed by atoms with Crippen LogP contribution in [0.25, 0.3) is 11.3 Å². The third-order valence-corrected chi connectivity index (χ3v) is 3.18. The van der Waals surface area contributed by atoms with Crippen molar-refractivity contribution in [1.29, 1.82) is 0 Å². The second-order valence-corrected chi connectivity index (χ2v) is 5.77. The summed E-state index contributed by atoms with van der Waals surface area (Å²) in [6.07, 6.45) is 0. The van der Waals surface area contributed by atoms with Crippen LogP contribution in [0.3, 0.4) is 0 Å². The maximum atomic E-state index is 4.62. The van der Waals surface area contributed by atoms with Crippen molar-refractivity contribution in [3.05, 3.63) is 46.3 Å². The van der Waals surface area contributed by atoms with E-state index in [1.165, 1.54) is 0 Å². The van der Waals surface area contributed by atoms with Gasteiger partial charge in [0, 0.05) is 21.8 Å². The Bertz CT molecular complexity index is 567. The molecule has 0 radical (unpaired) electrons. The maximum Gasteiger partial charge on any atom is 0.143 e. The average molecular weight is 320 g/mol. The van der Waals surface area contributed by atoms with Gasteiger partial charge in [-0.1, -0.05) is 41.9 Å². The van der Waals surface area contributed by atoms with Crippen LogP contribution in [0.2, 0.25) is 0 Å². The third kappa shape index (κ3) is 4.11. The molecule has 3 nitrogen and oxygen atoms in total. The first kappa shape index (κ1) is 14.2. The predicted molar refractivity (Wildman–Crippen MR) is 81.9 cm³/mol. The highest BCUT2D eigenvalue weighted by Crippen LogP contribution is 2.21. The zero-order valence-corrected chi connectivity index (χ0v) is 13.0. The highest BCUT2D eigenvalue weighted by atomic mass is 79.9. The van der Waals surface area contributed by atoms with Gasteiger partial charge in [-0.05, 0) is 25.1 Å². The minimum Gasteiger partial charge on any atom is -0.308 e. The van der Waals surface area contributed by atoms with Crippen LogP contribution in [-0.4, -0.2) is 16.0 Å². The first-order valence-corrected chi connectivity index (χ1v) is 7.18. The Labute approximate surface area is 122 Å². The van der Waals surface area contributed by atoms with E-state index in [1.54, 1.807) is 0 Å². The fourth-order valence-corrected chi connectivity index (χ4v) is 2.20. The molecule has 0 saturated heterocycles. The molecule has 0 aliphatic rings. The van der Waals surface area contributed by atoms with Crippen LogP contribution in [-0.2, 0) is 6.54 Å². The molecule has 0 fully saturated rings. The minimum absolute atomic E-state index is 0.429. The molecule has 19 heavy (non-hydrogen) atoms. The normalized spacial score (nSPS) is 11.0. The second kappa shape index (κ2) is 6.26. The number of nitrogens with one attached hydrogen (secondary N) is 1. The zero-order valence-electron chi connectivity index (χ0n) is 11.4. The summed E-state index contributed by atoms with van der Waals surface area (Å²) in [5.41, 5.74) is 3.06. The van der Waals surface area contributed by atoms with Gasteiger partial charge in [-0.15, -0.1) is 0 Å². The van der Waals surface area contributed by atoms with E-state index in [2.05, 4.69) is 57.2 Å². The number of nitrogens with zero attached hydrogens (tertiary/aromatic N) is 2. The van der Waals surface area contributed by atoms with Gasteiger partial charge in [0.15, 0.2) is 0 Å². The molecule has 0 unspecified atom stereocenters. The molecule has 1 aromatic carbocycles. The summed E-state index contributed by atoms with van der Waals surface area (Å²) >= 11 is 3.49. The maximum absolute atomic E-state index is 4.62. The molecule has 0 amide bonds. The van der Waals surface area contributed by atoms with E-state index in [0.29, 0.717) is 12.6 Å². The first-order chi connectivity index (χ1) is 9.04. The number of aryl methyl sites for hydroxylation is 1. The van der Waals surface area contributed by atoms with Crippen LogP contribution < -0.4 is 5.32 Å². The Hall–Kier alpha value is -1.26. The van der Waals surface area contributed by atoms with Crippen molar-refractivity contribution in [2.45, 2.75) is 33.4 Å². The van der Waals surface area contributed by atoms with Gasteiger partial charge in [0.05, 0.1) is 12.2 Å². The van der Waals surface area contributed by atoms with E-state index in [4.69, 9.17) is 0 Å². The largest absolute Gasteiger partial charge is 0.308 e. The Morgan fingerprint density at radius 1 is 1.21 bits per heavy atom. The molecule has 2 aromatic rings. The highest BCUT2D eigenvalue weighted by molar-refractivity contribution is 9.10. The highest BCUT2D eigenvalue weighted by Gasteiger charge is 2.05. The fraction of sp³-hybridized carbons (Fsp3) is 0.333. The molecular formula is C15H18BrN3. The smallest absolute Gasteiger partial charge is 0.143 e. The number of halogens is 1. The lowest BCUT2D eigenvalue weighted by atomic mass is 10.1. The quantitative estimate of drug-likeness (QED) is 0.933. The minimum atomic E-state index is 0.429. The summed E-state index contributed by atoms with van der Waals surface area (Å²) in [5.74, 6) is 0.837. The van der Waals surface area contributed by atoms with E-state index in [-0.39, 0.29) is 0 Å². The lowest BCUT2D eigenvalue weighted by Gasteiger charge is -2.09. The molecule has 0 aliphatic heterocycles. The van der Waals surface area contributed by atoms with Gasteiger partial charge in [0.25, 0.3) is 0 Å². The molecule has 0 saturated carbocycles. The van der Waals surface area contributed by atoms with Crippen LogP contribution in [0.1, 0.15) is 25.4 Å². The number of hydrogen-bond acceptors (Lipinski definition) is 3. The molecule has 1 aromatic heterocycles. The molecule has 100 valence electrons. The monoisotopic (exact) mass is 319 g/mol. The molecule has 1 N–H and O–H groups in total. The van der Waals surface area contributed by atoms with Crippen molar-refractivity contribution in [3.63, 3.8) is 0 Å². The van der Waals surface area contributed by atoms with E-state index < -0.39 is 0 Å². The summed E-state index contributed by atoms with van der Waals surface area (Å²) in [4.78, 5) is 9.09. The first-order valence-electron chi connectivity index (χ1n) is 6.38. The van der Waals surface area contributed by atoms with Crippen LogP contribution in [0, 0.1) is 6.92 Å². The van der Waals surface area contributed by atoms with Gasteiger partial charge in [-0.2, -0.15) is 0 Å². The van der Waals surface area contributed by atoms with Gasteiger partial charge in [0.2, 0.25) is 0 Å². The average Bonchev–Trinajstić information content (AvgIpc) is 2.36. The number of rotatable bonds is 4. The van der Waals surface area contributed by atoms with Crippen molar-refractivity contribution in [2.24, 2.45) is 0 Å². The summed E-state index contributed by atoms with van der Waals surface area (Å²) in [5, 5.41) is 3.34. The summed E-state index contributed by atoms with van der Waals surface area (Å²) in [6.45, 7) is 6.93. The van der Waals surface area contributed by atoms with Crippen LogP contribution >= 0.6 is 15.9 Å². The van der Waals surface area contributed by atoms with Crippen molar-refractivity contribution >= 4 is 15.9 Å². The summed E-state index contributed by atoms with van der Waals surface area (Å²) in [7, 11) is 0. The van der Waals surface area contributed by atoms with Gasteiger partial charge in [-0.3, -0.25) is 0 Å². The second-order valence-electron chi connectivity index (χ2n) is 4.86. The van der Waals surface area contributed by atoms with Gasteiger partial charge >= 0.3 is 0 Å². The Morgan fingerprint density at radius 2 is 2.00 bits per heavy atom. The predicted octanol–water partition coefficient (Wildman–Crippen LogP) is 3.71. The molecule has 0 aliphatic carbocycles. The van der Waals surface area contributed by atoms with E-state index in [1.807, 2.05) is 25.1 Å². The van der Waals surface area contributed by atoms with Crippen LogP contribution in [0.15, 0.2) is 34.8 Å². The lowest BCUT2D eigenvalue weighted by molar-refractivity contribution is 0.571. The van der Waals surface area contributed by atoms with Gasteiger partial charge in [0.1, 0.15) is 5.82 Å². The Kier molecular flexibility index (Phi) is 4.66. The zero-order chi connectivity index (χ0) is 13.8. The van der Waals surface area contributed by atoms with Crippen LogP contribution in [0.5, 0.6) is 0 Å². The molecule has 2 rings (SSSR count). The summed E-state index contributed by atoms with van der Waals surface area (Å²) < 4.78 is 1.06. The van der Waals surface area contributed by atoms with Crippen LogP contribution in [0.4, 0.5) is 0 Å². The standard InChI is InChI=1S/C15H18BrN3/c1-10(2)17-9-15-18-11(3)7-14(19-15)12-5-4-6-13(16)8-12/h4-8,10,17H,9H2,1-3H3. The molecule has 0 bridgehead atoms. The SMILES string of the molecule is Cc1cc(-c2cccc(Br)c2)nc(CNC(C)C)n1. The molecule has 0 atom stereocenters. The fourth-order valence-electron chi connectivity index (χ4n) is 1.80. The van der Waals surface area contributed by atoms with E-state index in [0.717, 1.165) is 27.2 Å². The third-order valence-electron chi connectivity index (χ3n) is 2.69. The summed E-state index contributed by atoms with van der Waals surface area (Å²) in [6, 6.07) is 10.6. The topological polar surface area (TPSA) is 37.8 Å². The molecule has 4 heteroatoms. The number of benzene rings is 1. The van der Waals surface area contributed by atoms with E-state index >= 15 is 0 Å². The Balaban J connectivity index is 2.31. The van der Waals surface area contributed by atoms with Crippen molar-refractivity contribution in [2.75, 3.05) is 0 Å². The van der Waals surface area contributed by atoms with E-state index in [9.17, 15) is 0 Å². The Morgan fingerprint density at radius 3 is 2.68 bits per heavy atom. The van der Waals surface area contributed by atoms with Gasteiger partial charge < -0.3 is 5.32 Å². The van der Waals surface area contributed by atoms with Gasteiger partial charge in [-0.25, -0.2) is 9.97 Å². The molecular weight excluding hydrogens is 302 g/mol. The molecule has 0 spiro atoms. The van der Waals surface area contributed by atoms with Crippen molar-refractivity contribution in [1.82, 2.24) is 15.3 Å². The number of aromatic nitrogens is 2. The van der Waals surface area contributed by atoms with Crippen molar-refractivity contribution < 1.29 is 0 Å². The number of hydrogen-bond donors (Lipinski definition) is 1. The molecule has 1 heterocycles.